The molecule has 0 saturated carbocycles. The van der Waals surface area contributed by atoms with Crippen LogP contribution in [0.1, 0.15) is 25.8 Å². The quantitative estimate of drug-likeness (QED) is 0.810. The van der Waals surface area contributed by atoms with Gasteiger partial charge in [0, 0.05) is 6.04 Å². The number of rotatable bonds is 3. The Balaban J connectivity index is 2.43. The highest BCUT2D eigenvalue weighted by Crippen LogP contribution is 2.34. The standard InChI is InChI=1S/C12H17NO2S/c1-3-8-16(14,15)13-10(2)9-11-6-4-5-7-12(11)13/h4-7,10H,3,8-9H2,1-2H3. The van der Waals surface area contributed by atoms with Crippen molar-refractivity contribution < 1.29 is 8.42 Å². The molecule has 0 N–H and O–H groups in total. The summed E-state index contributed by atoms with van der Waals surface area (Å²) in [7, 11) is -3.14. The number of nitrogens with zero attached hydrogens (tertiary/aromatic N) is 1. The van der Waals surface area contributed by atoms with Crippen molar-refractivity contribution in [1.29, 1.82) is 0 Å². The molecule has 0 amide bonds. The van der Waals surface area contributed by atoms with Gasteiger partial charge in [-0.3, -0.25) is 4.31 Å². The van der Waals surface area contributed by atoms with Gasteiger partial charge >= 0.3 is 0 Å². The molecule has 0 spiro atoms. The fourth-order valence-electron chi connectivity index (χ4n) is 2.32. The molecule has 88 valence electrons. The Morgan fingerprint density at radius 1 is 1.38 bits per heavy atom. The van der Waals surface area contributed by atoms with E-state index in [2.05, 4.69) is 0 Å². The van der Waals surface area contributed by atoms with E-state index in [1.807, 2.05) is 38.1 Å². The monoisotopic (exact) mass is 239 g/mol. The Bertz CT molecular complexity index is 482. The molecule has 2 rings (SSSR count). The fraction of sp³-hybridized carbons (Fsp3) is 0.500. The molecule has 0 aliphatic carbocycles. The van der Waals surface area contributed by atoms with E-state index in [4.69, 9.17) is 0 Å². The van der Waals surface area contributed by atoms with Crippen LogP contribution in [-0.2, 0) is 16.4 Å². The first-order valence-corrected chi connectivity index (χ1v) is 7.27. The lowest BCUT2D eigenvalue weighted by molar-refractivity contribution is 0.583. The summed E-state index contributed by atoms with van der Waals surface area (Å²) in [6, 6.07) is 7.81. The van der Waals surface area contributed by atoms with Crippen LogP contribution in [0, 0.1) is 0 Å². The molecule has 0 bridgehead atoms. The van der Waals surface area contributed by atoms with Gasteiger partial charge in [0.25, 0.3) is 0 Å². The zero-order valence-corrected chi connectivity index (χ0v) is 10.5. The van der Waals surface area contributed by atoms with Gasteiger partial charge in [0.05, 0.1) is 11.4 Å². The van der Waals surface area contributed by atoms with Crippen molar-refractivity contribution in [2.75, 3.05) is 10.1 Å². The molecule has 3 nitrogen and oxygen atoms in total. The molecule has 1 aromatic carbocycles. The highest BCUT2D eigenvalue weighted by Gasteiger charge is 2.33. The van der Waals surface area contributed by atoms with Crippen LogP contribution in [0.3, 0.4) is 0 Å². The highest BCUT2D eigenvalue weighted by molar-refractivity contribution is 7.92. The Kier molecular flexibility index (Phi) is 2.93. The molecule has 0 radical (unpaired) electrons. The van der Waals surface area contributed by atoms with Gasteiger partial charge in [0.15, 0.2) is 0 Å². The van der Waals surface area contributed by atoms with Gasteiger partial charge in [-0.2, -0.15) is 0 Å². The average molecular weight is 239 g/mol. The first kappa shape index (κ1) is 11.5. The van der Waals surface area contributed by atoms with Gasteiger partial charge in [0.2, 0.25) is 10.0 Å². The second kappa shape index (κ2) is 4.09. The molecule has 1 aromatic rings. The van der Waals surface area contributed by atoms with Gasteiger partial charge in [-0.05, 0) is 31.4 Å². The van der Waals surface area contributed by atoms with Gasteiger partial charge in [-0.15, -0.1) is 0 Å². The molecule has 1 atom stereocenters. The average Bonchev–Trinajstić information content (AvgIpc) is 2.53. The van der Waals surface area contributed by atoms with E-state index in [1.54, 1.807) is 4.31 Å². The minimum absolute atomic E-state index is 0.0500. The number of hydrogen-bond acceptors (Lipinski definition) is 2. The Morgan fingerprint density at radius 2 is 2.06 bits per heavy atom. The van der Waals surface area contributed by atoms with Crippen molar-refractivity contribution in [3.63, 3.8) is 0 Å². The van der Waals surface area contributed by atoms with Crippen LogP contribution < -0.4 is 4.31 Å². The van der Waals surface area contributed by atoms with E-state index >= 15 is 0 Å². The maximum Gasteiger partial charge on any atom is 0.235 e. The van der Waals surface area contributed by atoms with Crippen LogP contribution in [0.5, 0.6) is 0 Å². The summed E-state index contributed by atoms with van der Waals surface area (Å²) in [4.78, 5) is 0. The van der Waals surface area contributed by atoms with Crippen molar-refractivity contribution in [1.82, 2.24) is 0 Å². The summed E-state index contributed by atoms with van der Waals surface area (Å²) in [6.07, 6.45) is 1.48. The van der Waals surface area contributed by atoms with Crippen molar-refractivity contribution in [2.24, 2.45) is 0 Å². The second-order valence-corrected chi connectivity index (χ2v) is 6.26. The Hall–Kier alpha value is -1.03. The fourth-order valence-corrected chi connectivity index (χ4v) is 4.13. The third-order valence-corrected chi connectivity index (χ3v) is 4.99. The van der Waals surface area contributed by atoms with Gasteiger partial charge < -0.3 is 0 Å². The van der Waals surface area contributed by atoms with Crippen LogP contribution in [-0.4, -0.2) is 20.2 Å². The predicted octanol–water partition coefficient (Wildman–Crippen LogP) is 2.18. The maximum absolute atomic E-state index is 12.1. The van der Waals surface area contributed by atoms with Crippen molar-refractivity contribution in [3.05, 3.63) is 29.8 Å². The lowest BCUT2D eigenvalue weighted by Gasteiger charge is -2.24. The van der Waals surface area contributed by atoms with Crippen LogP contribution in [0.2, 0.25) is 0 Å². The van der Waals surface area contributed by atoms with Crippen molar-refractivity contribution >= 4 is 15.7 Å². The Morgan fingerprint density at radius 3 is 2.75 bits per heavy atom. The number of sulfonamides is 1. The number of para-hydroxylation sites is 1. The molecule has 4 heteroatoms. The topological polar surface area (TPSA) is 37.4 Å². The van der Waals surface area contributed by atoms with E-state index in [9.17, 15) is 8.42 Å². The normalized spacial score (nSPS) is 19.9. The minimum atomic E-state index is -3.14. The highest BCUT2D eigenvalue weighted by atomic mass is 32.2. The molecule has 0 saturated heterocycles. The summed E-state index contributed by atoms with van der Waals surface area (Å²) in [5.41, 5.74) is 2.00. The molecule has 1 aliphatic heterocycles. The van der Waals surface area contributed by atoms with Crippen LogP contribution in [0.4, 0.5) is 5.69 Å². The van der Waals surface area contributed by atoms with E-state index in [1.165, 1.54) is 0 Å². The first-order valence-electron chi connectivity index (χ1n) is 5.66. The van der Waals surface area contributed by atoms with Crippen LogP contribution >= 0.6 is 0 Å². The molecule has 16 heavy (non-hydrogen) atoms. The van der Waals surface area contributed by atoms with Crippen molar-refractivity contribution in [2.45, 2.75) is 32.7 Å². The zero-order valence-electron chi connectivity index (χ0n) is 9.68. The Labute approximate surface area is 97.1 Å². The summed E-state index contributed by atoms with van der Waals surface area (Å²) >= 11 is 0. The van der Waals surface area contributed by atoms with E-state index in [0.717, 1.165) is 17.7 Å². The second-order valence-electron chi connectivity index (χ2n) is 4.29. The summed E-state index contributed by atoms with van der Waals surface area (Å²) < 4.78 is 25.9. The number of anilines is 1. The SMILES string of the molecule is CCCS(=O)(=O)N1c2ccccc2CC1C. The third-order valence-electron chi connectivity index (χ3n) is 2.91. The lowest BCUT2D eigenvalue weighted by atomic mass is 10.1. The summed E-state index contributed by atoms with van der Waals surface area (Å²) in [5, 5.41) is 0. The van der Waals surface area contributed by atoms with Crippen LogP contribution in [0.15, 0.2) is 24.3 Å². The number of fused-ring (bicyclic) bond motifs is 1. The maximum atomic E-state index is 12.1. The van der Waals surface area contributed by atoms with E-state index in [-0.39, 0.29) is 11.8 Å². The first-order chi connectivity index (χ1) is 7.56. The molecule has 1 unspecified atom stereocenters. The summed E-state index contributed by atoms with van der Waals surface area (Å²) in [5.74, 6) is 0.228. The van der Waals surface area contributed by atoms with Crippen molar-refractivity contribution in [3.8, 4) is 0 Å². The molecule has 1 heterocycles. The largest absolute Gasteiger partial charge is 0.267 e. The molecule has 0 fully saturated rings. The number of benzene rings is 1. The molecule has 0 aromatic heterocycles. The molecular weight excluding hydrogens is 222 g/mol. The third kappa shape index (κ3) is 1.82. The minimum Gasteiger partial charge on any atom is -0.267 e. The summed E-state index contributed by atoms with van der Waals surface area (Å²) in [6.45, 7) is 3.86. The van der Waals surface area contributed by atoms with Gasteiger partial charge in [0.1, 0.15) is 0 Å². The van der Waals surface area contributed by atoms with Crippen LogP contribution in [0.25, 0.3) is 0 Å². The lowest BCUT2D eigenvalue weighted by Crippen LogP contribution is -2.37. The molecular formula is C12H17NO2S. The smallest absolute Gasteiger partial charge is 0.235 e. The zero-order chi connectivity index (χ0) is 11.8. The molecule has 1 aliphatic rings. The number of hydrogen-bond donors (Lipinski definition) is 0. The predicted molar refractivity (Wildman–Crippen MR) is 66.2 cm³/mol. The van der Waals surface area contributed by atoms with Gasteiger partial charge in [-0.1, -0.05) is 25.1 Å². The van der Waals surface area contributed by atoms with Gasteiger partial charge in [-0.25, -0.2) is 8.42 Å². The van der Waals surface area contributed by atoms with E-state index in [0.29, 0.717) is 6.42 Å². The van der Waals surface area contributed by atoms with E-state index < -0.39 is 10.0 Å².